The lowest BCUT2D eigenvalue weighted by Gasteiger charge is -1.97. The maximum Gasteiger partial charge on any atom is 0.258 e. The molecule has 0 saturated carbocycles. The van der Waals surface area contributed by atoms with Crippen LogP contribution in [0.3, 0.4) is 0 Å². The van der Waals surface area contributed by atoms with E-state index in [1.165, 1.54) is 18.3 Å². The molecular weight excluding hydrogens is 283 g/mol. The molecule has 2 heterocycles. The number of benzene rings is 1. The smallest absolute Gasteiger partial charge is 0.258 e. The summed E-state index contributed by atoms with van der Waals surface area (Å²) >= 11 is 5.75. The molecule has 0 aliphatic carbocycles. The maximum absolute atomic E-state index is 13.4. The van der Waals surface area contributed by atoms with Gasteiger partial charge in [0.05, 0.1) is 10.7 Å². The Hall–Kier alpha value is -2.47. The summed E-state index contributed by atoms with van der Waals surface area (Å²) in [5, 5.41) is 4.31. The predicted molar refractivity (Wildman–Crippen MR) is 72.3 cm³/mol. The van der Waals surface area contributed by atoms with Crippen molar-refractivity contribution < 1.29 is 8.91 Å². The highest BCUT2D eigenvalue weighted by Crippen LogP contribution is 2.24. The van der Waals surface area contributed by atoms with E-state index in [0.29, 0.717) is 22.1 Å². The standard InChI is InChI=1S/C13H8ClFN4O/c14-8-2-4-11(17-6-8)12-18-13(20-19-12)7-1-3-10(16)9(15)5-7/h1-6H,16H2. The Balaban J connectivity index is 1.97. The van der Waals surface area contributed by atoms with Gasteiger partial charge >= 0.3 is 0 Å². The summed E-state index contributed by atoms with van der Waals surface area (Å²) in [6, 6.07) is 7.62. The molecule has 0 unspecified atom stereocenters. The van der Waals surface area contributed by atoms with Gasteiger partial charge in [0.1, 0.15) is 11.5 Å². The quantitative estimate of drug-likeness (QED) is 0.733. The van der Waals surface area contributed by atoms with E-state index in [0.717, 1.165) is 0 Å². The van der Waals surface area contributed by atoms with E-state index in [9.17, 15) is 4.39 Å². The second-order valence-corrected chi connectivity index (χ2v) is 4.46. The van der Waals surface area contributed by atoms with Crippen LogP contribution in [0.5, 0.6) is 0 Å². The molecule has 20 heavy (non-hydrogen) atoms. The lowest BCUT2D eigenvalue weighted by atomic mass is 10.2. The molecule has 100 valence electrons. The van der Waals surface area contributed by atoms with Crippen molar-refractivity contribution in [2.24, 2.45) is 0 Å². The van der Waals surface area contributed by atoms with E-state index in [2.05, 4.69) is 15.1 Å². The van der Waals surface area contributed by atoms with Crippen molar-refractivity contribution in [3.05, 3.63) is 47.4 Å². The van der Waals surface area contributed by atoms with Gasteiger partial charge in [-0.3, -0.25) is 4.98 Å². The van der Waals surface area contributed by atoms with Gasteiger partial charge in [-0.1, -0.05) is 16.8 Å². The average molecular weight is 291 g/mol. The van der Waals surface area contributed by atoms with Crippen LogP contribution in [0.25, 0.3) is 23.0 Å². The molecule has 3 rings (SSSR count). The number of nitrogens with zero attached hydrogens (tertiary/aromatic N) is 3. The fourth-order valence-corrected chi connectivity index (χ4v) is 1.72. The zero-order valence-electron chi connectivity index (χ0n) is 10.0. The zero-order valence-corrected chi connectivity index (χ0v) is 10.8. The van der Waals surface area contributed by atoms with Gasteiger partial charge in [0.15, 0.2) is 0 Å². The van der Waals surface area contributed by atoms with Crippen molar-refractivity contribution in [1.29, 1.82) is 0 Å². The number of aromatic nitrogens is 3. The molecule has 0 atom stereocenters. The van der Waals surface area contributed by atoms with Crippen LogP contribution in [-0.2, 0) is 0 Å². The first kappa shape index (κ1) is 12.6. The van der Waals surface area contributed by atoms with E-state index < -0.39 is 5.82 Å². The first-order chi connectivity index (χ1) is 9.63. The molecule has 0 bridgehead atoms. The predicted octanol–water partition coefficient (Wildman–Crippen LogP) is 3.17. The van der Waals surface area contributed by atoms with E-state index >= 15 is 0 Å². The van der Waals surface area contributed by atoms with Gasteiger partial charge in [-0.25, -0.2) is 4.39 Å². The van der Waals surface area contributed by atoms with Gasteiger partial charge in [-0.2, -0.15) is 4.98 Å². The van der Waals surface area contributed by atoms with Gasteiger partial charge in [0, 0.05) is 11.8 Å². The molecule has 0 aliphatic rings. The van der Waals surface area contributed by atoms with Gasteiger partial charge in [-0.05, 0) is 30.3 Å². The molecule has 0 fully saturated rings. The lowest BCUT2D eigenvalue weighted by molar-refractivity contribution is 0.432. The molecule has 0 amide bonds. The van der Waals surface area contributed by atoms with E-state index in [-0.39, 0.29) is 11.6 Å². The molecular formula is C13H8ClFN4O. The molecule has 0 radical (unpaired) electrons. The van der Waals surface area contributed by atoms with Crippen LogP contribution in [-0.4, -0.2) is 15.1 Å². The molecule has 2 aromatic heterocycles. The molecule has 0 saturated heterocycles. The number of nitrogen functional groups attached to an aromatic ring is 1. The van der Waals surface area contributed by atoms with E-state index in [1.807, 2.05) is 0 Å². The molecule has 0 aliphatic heterocycles. The van der Waals surface area contributed by atoms with Crippen molar-refractivity contribution in [3.8, 4) is 23.0 Å². The minimum atomic E-state index is -0.535. The van der Waals surface area contributed by atoms with Crippen LogP contribution in [0.1, 0.15) is 0 Å². The Morgan fingerprint density at radius 2 is 2.05 bits per heavy atom. The minimum absolute atomic E-state index is 0.0628. The Morgan fingerprint density at radius 1 is 1.20 bits per heavy atom. The van der Waals surface area contributed by atoms with Crippen molar-refractivity contribution in [2.75, 3.05) is 5.73 Å². The number of hydrogen-bond acceptors (Lipinski definition) is 5. The summed E-state index contributed by atoms with van der Waals surface area (Å²) in [4.78, 5) is 8.24. The van der Waals surface area contributed by atoms with Gasteiger partial charge < -0.3 is 10.3 Å². The monoisotopic (exact) mass is 290 g/mol. The SMILES string of the molecule is Nc1ccc(-c2nc(-c3ccc(Cl)cn3)no2)cc1F. The average Bonchev–Trinajstić information content (AvgIpc) is 2.92. The summed E-state index contributed by atoms with van der Waals surface area (Å²) in [5.74, 6) is -0.0450. The van der Waals surface area contributed by atoms with Crippen LogP contribution < -0.4 is 5.73 Å². The normalized spacial score (nSPS) is 10.7. The number of rotatable bonds is 2. The summed E-state index contributed by atoms with van der Waals surface area (Å²) in [7, 11) is 0. The molecule has 0 spiro atoms. The van der Waals surface area contributed by atoms with Crippen molar-refractivity contribution in [3.63, 3.8) is 0 Å². The largest absolute Gasteiger partial charge is 0.396 e. The summed E-state index contributed by atoms with van der Waals surface area (Å²) in [6.07, 6.45) is 1.48. The third kappa shape index (κ3) is 2.33. The van der Waals surface area contributed by atoms with Crippen LogP contribution >= 0.6 is 11.6 Å². The summed E-state index contributed by atoms with van der Waals surface area (Å²) < 4.78 is 18.5. The molecule has 7 heteroatoms. The van der Waals surface area contributed by atoms with Gasteiger partial charge in [-0.15, -0.1) is 0 Å². The third-order valence-corrected chi connectivity index (χ3v) is 2.85. The summed E-state index contributed by atoms with van der Waals surface area (Å²) in [6.45, 7) is 0. The van der Waals surface area contributed by atoms with Crippen molar-refractivity contribution in [2.45, 2.75) is 0 Å². The molecule has 2 N–H and O–H groups in total. The van der Waals surface area contributed by atoms with Gasteiger partial charge in [0.2, 0.25) is 5.82 Å². The Bertz CT molecular complexity index is 757. The van der Waals surface area contributed by atoms with Crippen molar-refractivity contribution >= 4 is 17.3 Å². The third-order valence-electron chi connectivity index (χ3n) is 2.63. The zero-order chi connectivity index (χ0) is 14.1. The van der Waals surface area contributed by atoms with Crippen molar-refractivity contribution in [1.82, 2.24) is 15.1 Å². The highest BCUT2D eigenvalue weighted by atomic mass is 35.5. The van der Waals surface area contributed by atoms with Crippen LogP contribution in [0.15, 0.2) is 41.1 Å². The first-order valence-corrected chi connectivity index (χ1v) is 6.02. The first-order valence-electron chi connectivity index (χ1n) is 5.64. The number of hydrogen-bond donors (Lipinski definition) is 1. The van der Waals surface area contributed by atoms with E-state index in [4.69, 9.17) is 21.9 Å². The lowest BCUT2D eigenvalue weighted by Crippen LogP contribution is -1.90. The van der Waals surface area contributed by atoms with Crippen LogP contribution in [0.4, 0.5) is 10.1 Å². The van der Waals surface area contributed by atoms with E-state index in [1.54, 1.807) is 18.2 Å². The number of pyridine rings is 1. The highest BCUT2D eigenvalue weighted by molar-refractivity contribution is 6.30. The van der Waals surface area contributed by atoms with Crippen LogP contribution in [0, 0.1) is 5.82 Å². The molecule has 5 nitrogen and oxygen atoms in total. The minimum Gasteiger partial charge on any atom is -0.396 e. The Kier molecular flexibility index (Phi) is 3.08. The maximum atomic E-state index is 13.4. The second kappa shape index (κ2) is 4.90. The number of nitrogens with two attached hydrogens (primary N) is 1. The Morgan fingerprint density at radius 3 is 2.75 bits per heavy atom. The number of anilines is 1. The Labute approximate surface area is 118 Å². The number of halogens is 2. The second-order valence-electron chi connectivity index (χ2n) is 4.02. The fraction of sp³-hybridized carbons (Fsp3) is 0. The fourth-order valence-electron chi connectivity index (χ4n) is 1.61. The molecule has 1 aromatic carbocycles. The summed E-state index contributed by atoms with van der Waals surface area (Å²) in [5.41, 5.74) is 6.44. The highest BCUT2D eigenvalue weighted by Gasteiger charge is 2.12. The van der Waals surface area contributed by atoms with Crippen LogP contribution in [0.2, 0.25) is 5.02 Å². The molecule has 3 aromatic rings. The topological polar surface area (TPSA) is 77.8 Å². The van der Waals surface area contributed by atoms with Gasteiger partial charge in [0.25, 0.3) is 5.89 Å².